The molecule has 0 aliphatic rings. The number of hydrogen-bond donors (Lipinski definition) is 1. The third-order valence-electron chi connectivity index (χ3n) is 3.83. The lowest BCUT2D eigenvalue weighted by Gasteiger charge is -2.08. The standard InChI is InChI=1S/C19H14Cl2N4O3S/c20-12-7-13(21)9-14(8-12)22-17(26)11-29-19-24-23-18(16-4-2-6-28-16)25(19)10-15-3-1-5-27-15/h1-9H,10-11H2,(H,22,26). The highest BCUT2D eigenvalue weighted by Gasteiger charge is 2.18. The number of hydrogen-bond acceptors (Lipinski definition) is 6. The minimum atomic E-state index is -0.222. The zero-order chi connectivity index (χ0) is 20.2. The van der Waals surface area contributed by atoms with E-state index in [1.54, 1.807) is 42.9 Å². The van der Waals surface area contributed by atoms with Crippen LogP contribution in [-0.4, -0.2) is 26.4 Å². The Hall–Kier alpha value is -2.68. The molecule has 0 radical (unpaired) electrons. The molecule has 0 unspecified atom stereocenters. The molecule has 7 nitrogen and oxygen atoms in total. The van der Waals surface area contributed by atoms with E-state index in [1.165, 1.54) is 11.8 Å². The number of carbonyl (C=O) groups excluding carboxylic acids is 1. The van der Waals surface area contributed by atoms with Gasteiger partial charge in [0.1, 0.15) is 5.76 Å². The minimum absolute atomic E-state index is 0.124. The van der Waals surface area contributed by atoms with Crippen LogP contribution in [0.3, 0.4) is 0 Å². The lowest BCUT2D eigenvalue weighted by molar-refractivity contribution is -0.113. The summed E-state index contributed by atoms with van der Waals surface area (Å²) in [5.74, 6) is 1.77. The van der Waals surface area contributed by atoms with Gasteiger partial charge in [-0.05, 0) is 42.5 Å². The quantitative estimate of drug-likeness (QED) is 0.390. The summed E-state index contributed by atoms with van der Waals surface area (Å²) in [5, 5.41) is 12.7. The van der Waals surface area contributed by atoms with Crippen molar-refractivity contribution >= 4 is 46.6 Å². The van der Waals surface area contributed by atoms with E-state index in [0.717, 1.165) is 5.76 Å². The van der Waals surface area contributed by atoms with Gasteiger partial charge < -0.3 is 14.2 Å². The van der Waals surface area contributed by atoms with E-state index in [9.17, 15) is 4.79 Å². The molecule has 0 aliphatic carbocycles. The lowest BCUT2D eigenvalue weighted by atomic mass is 10.3. The number of carbonyl (C=O) groups is 1. The van der Waals surface area contributed by atoms with Crippen molar-refractivity contribution in [3.05, 3.63) is 70.8 Å². The van der Waals surface area contributed by atoms with E-state index in [1.807, 2.05) is 16.7 Å². The van der Waals surface area contributed by atoms with E-state index in [-0.39, 0.29) is 11.7 Å². The molecular weight excluding hydrogens is 435 g/mol. The summed E-state index contributed by atoms with van der Waals surface area (Å²) in [5.41, 5.74) is 0.529. The molecule has 1 aromatic carbocycles. The fourth-order valence-electron chi connectivity index (χ4n) is 2.64. The number of rotatable bonds is 7. The first-order chi connectivity index (χ1) is 14.1. The van der Waals surface area contributed by atoms with Crippen molar-refractivity contribution in [3.8, 4) is 11.6 Å². The van der Waals surface area contributed by atoms with Gasteiger partial charge in [0.15, 0.2) is 10.9 Å². The number of nitrogens with zero attached hydrogens (tertiary/aromatic N) is 3. The van der Waals surface area contributed by atoms with Gasteiger partial charge in [-0.1, -0.05) is 35.0 Å². The number of aromatic nitrogens is 3. The average molecular weight is 449 g/mol. The van der Waals surface area contributed by atoms with Gasteiger partial charge in [0.25, 0.3) is 0 Å². The lowest BCUT2D eigenvalue weighted by Crippen LogP contribution is -2.14. The Bertz CT molecular complexity index is 1090. The molecule has 0 bridgehead atoms. The van der Waals surface area contributed by atoms with E-state index in [0.29, 0.717) is 39.0 Å². The third kappa shape index (κ3) is 4.84. The Labute approximate surface area is 180 Å². The monoisotopic (exact) mass is 448 g/mol. The van der Waals surface area contributed by atoms with Crippen molar-refractivity contribution in [1.29, 1.82) is 0 Å². The molecule has 0 saturated carbocycles. The Morgan fingerprint density at radius 1 is 1.07 bits per heavy atom. The number of benzene rings is 1. The van der Waals surface area contributed by atoms with Crippen molar-refractivity contribution in [2.24, 2.45) is 0 Å². The fourth-order valence-corrected chi connectivity index (χ4v) is 3.90. The molecule has 10 heteroatoms. The number of anilines is 1. The van der Waals surface area contributed by atoms with Crippen molar-refractivity contribution in [2.45, 2.75) is 11.7 Å². The highest BCUT2D eigenvalue weighted by atomic mass is 35.5. The summed E-state index contributed by atoms with van der Waals surface area (Å²) in [7, 11) is 0. The van der Waals surface area contributed by atoms with E-state index in [2.05, 4.69) is 15.5 Å². The average Bonchev–Trinajstić information content (AvgIpc) is 3.42. The summed E-state index contributed by atoms with van der Waals surface area (Å²) < 4.78 is 12.7. The zero-order valence-corrected chi connectivity index (χ0v) is 17.2. The Balaban J connectivity index is 1.50. The number of halogens is 2. The molecule has 0 spiro atoms. The Morgan fingerprint density at radius 3 is 2.52 bits per heavy atom. The number of nitrogens with one attached hydrogen (secondary N) is 1. The summed E-state index contributed by atoms with van der Waals surface area (Å²) in [6, 6.07) is 12.1. The van der Waals surface area contributed by atoms with E-state index < -0.39 is 0 Å². The van der Waals surface area contributed by atoms with Crippen molar-refractivity contribution in [3.63, 3.8) is 0 Å². The first kappa shape index (κ1) is 19.6. The van der Waals surface area contributed by atoms with Gasteiger partial charge in [-0.2, -0.15) is 0 Å². The van der Waals surface area contributed by atoms with Gasteiger partial charge in [-0.15, -0.1) is 10.2 Å². The summed E-state index contributed by atoms with van der Waals surface area (Å²) in [6.45, 7) is 0.407. The number of amides is 1. The van der Waals surface area contributed by atoms with Crippen LogP contribution in [0.25, 0.3) is 11.6 Å². The smallest absolute Gasteiger partial charge is 0.234 e. The molecule has 0 saturated heterocycles. The predicted octanol–water partition coefficient (Wildman–Crippen LogP) is 5.22. The summed E-state index contributed by atoms with van der Waals surface area (Å²) in [4.78, 5) is 12.4. The maximum Gasteiger partial charge on any atom is 0.234 e. The molecule has 29 heavy (non-hydrogen) atoms. The van der Waals surface area contributed by atoms with E-state index in [4.69, 9.17) is 32.0 Å². The summed E-state index contributed by atoms with van der Waals surface area (Å²) >= 11 is 13.2. The molecular formula is C19H14Cl2N4O3S. The molecule has 3 heterocycles. The van der Waals surface area contributed by atoms with Crippen molar-refractivity contribution in [1.82, 2.24) is 14.8 Å². The van der Waals surface area contributed by atoms with Crippen LogP contribution in [0.2, 0.25) is 10.0 Å². The molecule has 3 aromatic heterocycles. The van der Waals surface area contributed by atoms with Crippen LogP contribution < -0.4 is 5.32 Å². The normalized spacial score (nSPS) is 11.0. The highest BCUT2D eigenvalue weighted by molar-refractivity contribution is 7.99. The Morgan fingerprint density at radius 2 is 1.83 bits per heavy atom. The van der Waals surface area contributed by atoms with Crippen molar-refractivity contribution in [2.75, 3.05) is 11.1 Å². The number of thioether (sulfide) groups is 1. The first-order valence-electron chi connectivity index (χ1n) is 8.47. The van der Waals surface area contributed by atoms with Crippen LogP contribution >= 0.6 is 35.0 Å². The summed E-state index contributed by atoms with van der Waals surface area (Å²) in [6.07, 6.45) is 3.17. The van der Waals surface area contributed by atoms with Gasteiger partial charge >= 0.3 is 0 Å². The molecule has 0 atom stereocenters. The van der Waals surface area contributed by atoms with Crippen LogP contribution in [0, 0.1) is 0 Å². The largest absolute Gasteiger partial charge is 0.467 e. The second-order valence-electron chi connectivity index (χ2n) is 5.94. The predicted molar refractivity (Wildman–Crippen MR) is 111 cm³/mol. The highest BCUT2D eigenvalue weighted by Crippen LogP contribution is 2.26. The molecule has 1 amide bonds. The molecule has 4 rings (SSSR count). The van der Waals surface area contributed by atoms with Gasteiger partial charge in [0.2, 0.25) is 11.7 Å². The van der Waals surface area contributed by atoms with Gasteiger partial charge in [-0.3, -0.25) is 9.36 Å². The Kier molecular flexibility index (Phi) is 5.94. The molecule has 4 aromatic rings. The maximum absolute atomic E-state index is 12.4. The second-order valence-corrected chi connectivity index (χ2v) is 7.76. The fraction of sp³-hybridized carbons (Fsp3) is 0.105. The minimum Gasteiger partial charge on any atom is -0.467 e. The molecule has 0 fully saturated rings. The van der Waals surface area contributed by atoms with Gasteiger partial charge in [0, 0.05) is 15.7 Å². The molecule has 1 N–H and O–H groups in total. The maximum atomic E-state index is 12.4. The first-order valence-corrected chi connectivity index (χ1v) is 10.2. The van der Waals surface area contributed by atoms with E-state index >= 15 is 0 Å². The SMILES string of the molecule is O=C(CSc1nnc(-c2ccco2)n1Cc1ccco1)Nc1cc(Cl)cc(Cl)c1. The topological polar surface area (TPSA) is 86.1 Å². The molecule has 0 aliphatic heterocycles. The third-order valence-corrected chi connectivity index (χ3v) is 5.23. The van der Waals surface area contributed by atoms with Crippen molar-refractivity contribution < 1.29 is 13.6 Å². The van der Waals surface area contributed by atoms with Gasteiger partial charge in [-0.25, -0.2) is 0 Å². The molecule has 148 valence electrons. The zero-order valence-electron chi connectivity index (χ0n) is 14.8. The second kappa shape index (κ2) is 8.77. The van der Waals surface area contributed by atoms with Gasteiger partial charge in [0.05, 0.1) is 24.8 Å². The van der Waals surface area contributed by atoms with Crippen LogP contribution in [0.5, 0.6) is 0 Å². The van der Waals surface area contributed by atoms with Crippen LogP contribution in [0.15, 0.2) is 69.0 Å². The van der Waals surface area contributed by atoms with Crippen LogP contribution in [0.1, 0.15) is 5.76 Å². The van der Waals surface area contributed by atoms with Crippen LogP contribution in [-0.2, 0) is 11.3 Å². The number of furan rings is 2. The van der Waals surface area contributed by atoms with Crippen LogP contribution in [0.4, 0.5) is 5.69 Å².